The van der Waals surface area contributed by atoms with E-state index in [-0.39, 0.29) is 22.9 Å². The number of hydrogen-bond acceptors (Lipinski definition) is 4. The van der Waals surface area contributed by atoms with Crippen LogP contribution in [0.5, 0.6) is 0 Å². The molecule has 1 aromatic rings. The Hall–Kier alpha value is -1.96. The normalized spacial score (nSPS) is 12.5. The molecule has 22 heavy (non-hydrogen) atoms. The monoisotopic (exact) mass is 330 g/mol. The molecule has 6 nitrogen and oxygen atoms in total. The molecule has 0 aliphatic heterocycles. The number of carbonyl (C=O) groups excluding carboxylic acids is 2. The van der Waals surface area contributed by atoms with Gasteiger partial charge in [-0.15, -0.1) is 0 Å². The Labute approximate surface area is 129 Å². The highest BCUT2D eigenvalue weighted by Crippen LogP contribution is 2.16. The number of nitrogens with one attached hydrogen (secondary N) is 2. The van der Waals surface area contributed by atoms with Crippen LogP contribution in [0.3, 0.4) is 0 Å². The van der Waals surface area contributed by atoms with Gasteiger partial charge in [0, 0.05) is 12.5 Å². The maximum absolute atomic E-state index is 13.5. The van der Waals surface area contributed by atoms with Gasteiger partial charge in [-0.05, 0) is 24.1 Å². The van der Waals surface area contributed by atoms with Crippen molar-refractivity contribution < 1.29 is 22.4 Å². The van der Waals surface area contributed by atoms with Gasteiger partial charge in [0.05, 0.1) is 11.4 Å². The fraction of sp³-hybridized carbons (Fsp3) is 0.429. The van der Waals surface area contributed by atoms with E-state index in [0.717, 1.165) is 18.2 Å². The molecule has 0 saturated heterocycles. The first-order chi connectivity index (χ1) is 10.1. The largest absolute Gasteiger partial charge is 0.324 e. The average Bonchev–Trinajstić information content (AvgIpc) is 2.39. The summed E-state index contributed by atoms with van der Waals surface area (Å²) >= 11 is 0. The molecule has 0 aromatic heterocycles. The predicted octanol–water partition coefficient (Wildman–Crippen LogP) is 1.89. The Bertz CT molecular complexity index is 673. The van der Waals surface area contributed by atoms with Crippen molar-refractivity contribution >= 4 is 27.5 Å². The molecular weight excluding hydrogens is 311 g/mol. The first-order valence-electron chi connectivity index (χ1n) is 6.76. The van der Waals surface area contributed by atoms with Crippen LogP contribution in [0.1, 0.15) is 37.6 Å². The summed E-state index contributed by atoms with van der Waals surface area (Å²) in [5, 5.41) is 2.23. The molecule has 2 amide bonds. The number of anilines is 1. The van der Waals surface area contributed by atoms with E-state index in [0.29, 0.717) is 6.42 Å². The van der Waals surface area contributed by atoms with Crippen molar-refractivity contribution in [3.05, 3.63) is 29.6 Å². The lowest BCUT2D eigenvalue weighted by molar-refractivity contribution is -0.114. The van der Waals surface area contributed by atoms with Gasteiger partial charge in [-0.2, -0.15) is 0 Å². The number of sulfonamides is 1. The third-order valence-electron chi connectivity index (χ3n) is 2.99. The lowest BCUT2D eigenvalue weighted by atomic mass is 10.2. The van der Waals surface area contributed by atoms with Gasteiger partial charge >= 0.3 is 0 Å². The van der Waals surface area contributed by atoms with Crippen molar-refractivity contribution in [2.45, 2.75) is 27.2 Å². The van der Waals surface area contributed by atoms with Crippen LogP contribution in [-0.4, -0.2) is 26.0 Å². The van der Waals surface area contributed by atoms with Gasteiger partial charge in [-0.3, -0.25) is 9.59 Å². The SMILES string of the molecule is CCC(C)CS(=O)(=O)NC(=O)c1ccc(F)c(NC(C)=O)c1. The van der Waals surface area contributed by atoms with Crippen LogP contribution in [0.25, 0.3) is 0 Å². The van der Waals surface area contributed by atoms with E-state index in [1.807, 2.05) is 11.6 Å². The minimum absolute atomic E-state index is 0.0575. The molecule has 0 radical (unpaired) electrons. The molecule has 0 fully saturated rings. The Morgan fingerprint density at radius 1 is 1.32 bits per heavy atom. The zero-order valence-corrected chi connectivity index (χ0v) is 13.5. The minimum Gasteiger partial charge on any atom is -0.324 e. The molecule has 0 saturated carbocycles. The summed E-state index contributed by atoms with van der Waals surface area (Å²) in [6, 6.07) is 3.22. The fourth-order valence-corrected chi connectivity index (χ4v) is 3.15. The number of benzene rings is 1. The molecule has 0 bridgehead atoms. The number of carbonyl (C=O) groups is 2. The Kier molecular flexibility index (Phi) is 6.04. The van der Waals surface area contributed by atoms with Gasteiger partial charge < -0.3 is 5.32 Å². The van der Waals surface area contributed by atoms with Gasteiger partial charge in [0.1, 0.15) is 5.82 Å². The zero-order chi connectivity index (χ0) is 16.9. The molecular formula is C14H19FN2O4S. The summed E-state index contributed by atoms with van der Waals surface area (Å²) in [6.07, 6.45) is 0.665. The third-order valence-corrected chi connectivity index (χ3v) is 4.49. The lowest BCUT2D eigenvalue weighted by Gasteiger charge is -2.11. The highest BCUT2D eigenvalue weighted by molar-refractivity contribution is 7.90. The van der Waals surface area contributed by atoms with Crippen LogP contribution >= 0.6 is 0 Å². The quantitative estimate of drug-likeness (QED) is 0.833. The van der Waals surface area contributed by atoms with E-state index < -0.39 is 27.7 Å². The van der Waals surface area contributed by atoms with Gasteiger partial charge in [0.15, 0.2) is 0 Å². The van der Waals surface area contributed by atoms with Gasteiger partial charge in [0.25, 0.3) is 5.91 Å². The van der Waals surface area contributed by atoms with Gasteiger partial charge in [-0.25, -0.2) is 17.5 Å². The Morgan fingerprint density at radius 3 is 2.50 bits per heavy atom. The van der Waals surface area contributed by atoms with E-state index in [9.17, 15) is 22.4 Å². The van der Waals surface area contributed by atoms with Gasteiger partial charge in [0.2, 0.25) is 15.9 Å². The second kappa shape index (κ2) is 7.35. The van der Waals surface area contributed by atoms with Crippen molar-refractivity contribution in [2.24, 2.45) is 5.92 Å². The van der Waals surface area contributed by atoms with Crippen molar-refractivity contribution in [1.29, 1.82) is 0 Å². The van der Waals surface area contributed by atoms with E-state index in [2.05, 4.69) is 5.32 Å². The lowest BCUT2D eigenvalue weighted by Crippen LogP contribution is -2.34. The summed E-state index contributed by atoms with van der Waals surface area (Å²) in [4.78, 5) is 22.9. The molecule has 1 rings (SSSR count). The van der Waals surface area contributed by atoms with E-state index in [1.54, 1.807) is 6.92 Å². The average molecular weight is 330 g/mol. The molecule has 0 aliphatic carbocycles. The van der Waals surface area contributed by atoms with Crippen LogP contribution in [0.15, 0.2) is 18.2 Å². The number of amides is 2. The highest BCUT2D eigenvalue weighted by atomic mass is 32.2. The molecule has 2 N–H and O–H groups in total. The van der Waals surface area contributed by atoms with Crippen LogP contribution in [0, 0.1) is 11.7 Å². The van der Waals surface area contributed by atoms with E-state index >= 15 is 0 Å². The van der Waals surface area contributed by atoms with Crippen LogP contribution in [-0.2, 0) is 14.8 Å². The summed E-state index contributed by atoms with van der Waals surface area (Å²) in [6.45, 7) is 4.81. The second-order valence-electron chi connectivity index (χ2n) is 5.10. The van der Waals surface area contributed by atoms with E-state index in [4.69, 9.17) is 0 Å². The van der Waals surface area contributed by atoms with Crippen LogP contribution in [0.4, 0.5) is 10.1 Å². The van der Waals surface area contributed by atoms with Crippen molar-refractivity contribution in [3.8, 4) is 0 Å². The topological polar surface area (TPSA) is 92.3 Å². The molecule has 0 heterocycles. The minimum atomic E-state index is -3.77. The Balaban J connectivity index is 2.92. The number of halogens is 1. The number of hydrogen-bond donors (Lipinski definition) is 2. The molecule has 8 heteroatoms. The summed E-state index contributed by atoms with van der Waals surface area (Å²) in [5.41, 5.74) is -0.239. The maximum atomic E-state index is 13.5. The number of rotatable bonds is 6. The zero-order valence-electron chi connectivity index (χ0n) is 12.6. The second-order valence-corrected chi connectivity index (χ2v) is 6.87. The molecule has 1 aromatic carbocycles. The standard InChI is InChI=1S/C14H19FN2O4S/c1-4-9(2)8-22(20,21)17-14(19)11-5-6-12(15)13(7-11)16-10(3)18/h5-7,9H,4,8H2,1-3H3,(H,16,18)(H,17,19). The molecule has 0 aliphatic rings. The van der Waals surface area contributed by atoms with Crippen molar-refractivity contribution in [3.63, 3.8) is 0 Å². The summed E-state index contributed by atoms with van der Waals surface area (Å²) < 4.78 is 39.1. The molecule has 0 spiro atoms. The fourth-order valence-electron chi connectivity index (χ4n) is 1.69. The molecule has 1 unspecified atom stereocenters. The summed E-state index contributed by atoms with van der Waals surface area (Å²) in [5.74, 6) is -2.34. The predicted molar refractivity (Wildman–Crippen MR) is 81.4 cm³/mol. The van der Waals surface area contributed by atoms with Crippen molar-refractivity contribution in [1.82, 2.24) is 4.72 Å². The first-order valence-corrected chi connectivity index (χ1v) is 8.41. The smallest absolute Gasteiger partial charge is 0.264 e. The van der Waals surface area contributed by atoms with Gasteiger partial charge in [-0.1, -0.05) is 20.3 Å². The van der Waals surface area contributed by atoms with Crippen LogP contribution < -0.4 is 10.0 Å². The summed E-state index contributed by atoms with van der Waals surface area (Å²) in [7, 11) is -3.77. The highest BCUT2D eigenvalue weighted by Gasteiger charge is 2.19. The molecule has 1 atom stereocenters. The third kappa shape index (κ3) is 5.44. The van der Waals surface area contributed by atoms with Crippen LogP contribution in [0.2, 0.25) is 0 Å². The maximum Gasteiger partial charge on any atom is 0.264 e. The van der Waals surface area contributed by atoms with E-state index in [1.165, 1.54) is 6.92 Å². The first kappa shape index (κ1) is 18.1. The van der Waals surface area contributed by atoms with Crippen molar-refractivity contribution in [2.75, 3.05) is 11.1 Å². The Morgan fingerprint density at radius 2 is 1.95 bits per heavy atom. The molecule has 122 valence electrons.